The molecule has 2 unspecified atom stereocenters. The minimum Gasteiger partial charge on any atom is -0.374 e. The van der Waals surface area contributed by atoms with Gasteiger partial charge in [-0.15, -0.1) is 0 Å². The Hall–Kier alpha value is -0.910. The molecule has 5 heteroatoms. The fourth-order valence-corrected chi connectivity index (χ4v) is 2.81. The Morgan fingerprint density at radius 3 is 2.78 bits per heavy atom. The highest BCUT2D eigenvalue weighted by Crippen LogP contribution is 2.27. The predicted octanol–water partition coefficient (Wildman–Crippen LogP) is 0.757. The van der Waals surface area contributed by atoms with Gasteiger partial charge in [-0.3, -0.25) is 9.58 Å². The van der Waals surface area contributed by atoms with Gasteiger partial charge >= 0.3 is 0 Å². The number of nitrogens with zero attached hydrogens (tertiary/aromatic N) is 3. The third-order valence-corrected chi connectivity index (χ3v) is 3.96. The Morgan fingerprint density at radius 2 is 2.22 bits per heavy atom. The first-order chi connectivity index (χ1) is 8.54. The average Bonchev–Trinajstić information content (AvgIpc) is 2.62. The summed E-state index contributed by atoms with van der Waals surface area (Å²) in [6.45, 7) is 9.69. The van der Waals surface area contributed by atoms with E-state index in [0.29, 0.717) is 12.6 Å². The Bertz CT molecular complexity index is 415. The number of hydrogen-bond acceptors (Lipinski definition) is 4. The maximum atomic E-state index is 5.70. The molecular formula is C13H24N4O. The van der Waals surface area contributed by atoms with E-state index in [-0.39, 0.29) is 6.10 Å². The fourth-order valence-electron chi connectivity index (χ4n) is 2.81. The highest BCUT2D eigenvalue weighted by Gasteiger charge is 2.27. The van der Waals surface area contributed by atoms with E-state index in [9.17, 15) is 0 Å². The van der Waals surface area contributed by atoms with Crippen molar-refractivity contribution in [1.29, 1.82) is 0 Å². The molecule has 2 rings (SSSR count). The monoisotopic (exact) mass is 252 g/mol. The summed E-state index contributed by atoms with van der Waals surface area (Å²) in [4.78, 5) is 2.44. The molecule has 0 amide bonds. The van der Waals surface area contributed by atoms with E-state index < -0.39 is 0 Å². The standard InChI is InChI=1S/C13H24N4O/c1-9-13(10(2)16(4)15-9)11(3)17-5-6-18-12(7-14)8-17/h11-12H,5-8,14H2,1-4H3. The molecule has 1 saturated heterocycles. The van der Waals surface area contributed by atoms with Gasteiger partial charge in [-0.25, -0.2) is 0 Å². The summed E-state index contributed by atoms with van der Waals surface area (Å²) in [5.74, 6) is 0. The van der Waals surface area contributed by atoms with Gasteiger partial charge < -0.3 is 10.5 Å². The molecule has 0 spiro atoms. The number of ether oxygens (including phenoxy) is 1. The lowest BCUT2D eigenvalue weighted by Crippen LogP contribution is -2.46. The summed E-state index contributed by atoms with van der Waals surface area (Å²) >= 11 is 0. The molecule has 1 fully saturated rings. The van der Waals surface area contributed by atoms with Crippen LogP contribution in [0, 0.1) is 13.8 Å². The minimum atomic E-state index is 0.165. The summed E-state index contributed by atoms with van der Waals surface area (Å²) < 4.78 is 7.58. The lowest BCUT2D eigenvalue weighted by molar-refractivity contribution is -0.0366. The topological polar surface area (TPSA) is 56.3 Å². The first-order valence-corrected chi connectivity index (χ1v) is 6.60. The lowest BCUT2D eigenvalue weighted by atomic mass is 10.0. The van der Waals surface area contributed by atoms with Crippen LogP contribution in [0.25, 0.3) is 0 Å². The number of hydrogen-bond donors (Lipinski definition) is 1. The van der Waals surface area contributed by atoms with Gasteiger partial charge in [0.1, 0.15) is 0 Å². The first kappa shape index (κ1) is 13.5. The third kappa shape index (κ3) is 2.43. The molecule has 0 bridgehead atoms. The van der Waals surface area contributed by atoms with Crippen LogP contribution in [-0.2, 0) is 11.8 Å². The first-order valence-electron chi connectivity index (χ1n) is 6.60. The Kier molecular flexibility index (Phi) is 4.04. The largest absolute Gasteiger partial charge is 0.374 e. The van der Waals surface area contributed by atoms with Crippen molar-refractivity contribution in [2.24, 2.45) is 12.8 Å². The molecule has 1 aromatic rings. The van der Waals surface area contributed by atoms with Gasteiger partial charge in [0.25, 0.3) is 0 Å². The summed E-state index contributed by atoms with van der Waals surface area (Å²) in [5.41, 5.74) is 9.41. The van der Waals surface area contributed by atoms with Crippen molar-refractivity contribution in [3.63, 3.8) is 0 Å². The third-order valence-electron chi connectivity index (χ3n) is 3.96. The predicted molar refractivity (Wildman–Crippen MR) is 71.5 cm³/mol. The number of rotatable bonds is 3. The maximum absolute atomic E-state index is 5.70. The highest BCUT2D eigenvalue weighted by atomic mass is 16.5. The van der Waals surface area contributed by atoms with Gasteiger partial charge in [-0.2, -0.15) is 5.10 Å². The lowest BCUT2D eigenvalue weighted by Gasteiger charge is -2.36. The van der Waals surface area contributed by atoms with E-state index >= 15 is 0 Å². The molecule has 0 aromatic carbocycles. The van der Waals surface area contributed by atoms with E-state index in [2.05, 4.69) is 30.8 Å². The molecule has 1 aliphatic heterocycles. The van der Waals surface area contributed by atoms with Crippen LogP contribution in [0.15, 0.2) is 0 Å². The van der Waals surface area contributed by atoms with E-state index in [1.54, 1.807) is 0 Å². The van der Waals surface area contributed by atoms with Crippen molar-refractivity contribution in [3.8, 4) is 0 Å². The van der Waals surface area contributed by atoms with Crippen molar-refractivity contribution >= 4 is 0 Å². The number of aryl methyl sites for hydroxylation is 2. The molecule has 0 saturated carbocycles. The normalized spacial score (nSPS) is 23.3. The fraction of sp³-hybridized carbons (Fsp3) is 0.769. The SMILES string of the molecule is Cc1nn(C)c(C)c1C(C)N1CCOC(CN)C1. The van der Waals surface area contributed by atoms with Crippen molar-refractivity contribution in [3.05, 3.63) is 17.0 Å². The molecule has 5 nitrogen and oxygen atoms in total. The quantitative estimate of drug-likeness (QED) is 0.863. The van der Waals surface area contributed by atoms with Crippen molar-refractivity contribution < 1.29 is 4.74 Å². The molecule has 1 aliphatic rings. The van der Waals surface area contributed by atoms with E-state index in [1.165, 1.54) is 11.3 Å². The maximum Gasteiger partial charge on any atom is 0.0824 e. The molecule has 2 N–H and O–H groups in total. The van der Waals surface area contributed by atoms with Crippen LogP contribution in [0.3, 0.4) is 0 Å². The Morgan fingerprint density at radius 1 is 1.50 bits per heavy atom. The van der Waals surface area contributed by atoms with Crippen molar-refractivity contribution in [1.82, 2.24) is 14.7 Å². The molecule has 2 atom stereocenters. The van der Waals surface area contributed by atoms with Crippen LogP contribution in [0.4, 0.5) is 0 Å². The zero-order chi connectivity index (χ0) is 13.3. The summed E-state index contributed by atoms with van der Waals surface area (Å²) in [6.07, 6.45) is 0.165. The molecule has 0 radical (unpaired) electrons. The molecule has 1 aromatic heterocycles. The van der Waals surface area contributed by atoms with E-state index in [4.69, 9.17) is 10.5 Å². The summed E-state index contributed by atoms with van der Waals surface area (Å²) in [5, 5.41) is 4.50. The molecule has 18 heavy (non-hydrogen) atoms. The molecule has 2 heterocycles. The van der Waals surface area contributed by atoms with E-state index in [0.717, 1.165) is 25.4 Å². The zero-order valence-electron chi connectivity index (χ0n) is 11.8. The van der Waals surface area contributed by atoms with Crippen LogP contribution in [0.5, 0.6) is 0 Å². The van der Waals surface area contributed by atoms with Gasteiger partial charge in [0.15, 0.2) is 0 Å². The molecule has 102 valence electrons. The highest BCUT2D eigenvalue weighted by molar-refractivity contribution is 5.27. The average molecular weight is 252 g/mol. The van der Waals surface area contributed by atoms with Gasteiger partial charge in [0.2, 0.25) is 0 Å². The van der Waals surface area contributed by atoms with Crippen LogP contribution in [0.2, 0.25) is 0 Å². The Labute approximate surface area is 109 Å². The minimum absolute atomic E-state index is 0.165. The van der Waals surface area contributed by atoms with Gasteiger partial charge in [-0.1, -0.05) is 0 Å². The zero-order valence-corrected chi connectivity index (χ0v) is 11.8. The second kappa shape index (κ2) is 5.38. The summed E-state index contributed by atoms with van der Waals surface area (Å²) in [6, 6.07) is 0.372. The van der Waals surface area contributed by atoms with Crippen molar-refractivity contribution in [2.45, 2.75) is 32.9 Å². The second-order valence-corrected chi connectivity index (χ2v) is 5.11. The Balaban J connectivity index is 2.17. The van der Waals surface area contributed by atoms with Crippen molar-refractivity contribution in [2.75, 3.05) is 26.2 Å². The van der Waals surface area contributed by atoms with Crippen LogP contribution >= 0.6 is 0 Å². The molecule has 0 aliphatic carbocycles. The number of aromatic nitrogens is 2. The van der Waals surface area contributed by atoms with Crippen LogP contribution in [0.1, 0.15) is 29.9 Å². The number of morpholine rings is 1. The van der Waals surface area contributed by atoms with Gasteiger partial charge in [-0.05, 0) is 20.8 Å². The van der Waals surface area contributed by atoms with Crippen LogP contribution < -0.4 is 5.73 Å². The van der Waals surface area contributed by atoms with Gasteiger partial charge in [0.05, 0.1) is 18.4 Å². The van der Waals surface area contributed by atoms with Gasteiger partial charge in [0, 0.05) is 44.0 Å². The summed E-state index contributed by atoms with van der Waals surface area (Å²) in [7, 11) is 2.00. The smallest absolute Gasteiger partial charge is 0.0824 e. The number of nitrogens with two attached hydrogens (primary N) is 1. The second-order valence-electron chi connectivity index (χ2n) is 5.11. The molecular weight excluding hydrogens is 228 g/mol. The van der Waals surface area contributed by atoms with E-state index in [1.807, 2.05) is 11.7 Å². The van der Waals surface area contributed by atoms with Crippen LogP contribution in [-0.4, -0.2) is 47.0 Å².